The molecule has 0 aliphatic rings. The summed E-state index contributed by atoms with van der Waals surface area (Å²) in [5.41, 5.74) is 1.06. The van der Waals surface area contributed by atoms with Crippen molar-refractivity contribution in [2.45, 2.75) is 38.5 Å². The molecule has 126 valence electrons. The number of hydrogen-bond acceptors (Lipinski definition) is 5. The van der Waals surface area contributed by atoms with Crippen molar-refractivity contribution in [3.63, 3.8) is 0 Å². The fourth-order valence-electron chi connectivity index (χ4n) is 2.64. The van der Waals surface area contributed by atoms with E-state index in [1.807, 2.05) is 42.9 Å². The molecule has 2 atom stereocenters. The van der Waals surface area contributed by atoms with Crippen LogP contribution in [0.2, 0.25) is 0 Å². The first-order valence-corrected chi connectivity index (χ1v) is 8.98. The molecule has 2 aromatic rings. The molecule has 0 spiro atoms. The molecule has 0 fully saturated rings. The maximum atomic E-state index is 10.2. The highest BCUT2D eigenvalue weighted by molar-refractivity contribution is 7.09. The number of thiophene rings is 1. The Labute approximate surface area is 142 Å². The van der Waals surface area contributed by atoms with Gasteiger partial charge in [-0.3, -0.25) is 9.88 Å². The first kappa shape index (κ1) is 18.1. The molecule has 23 heavy (non-hydrogen) atoms. The molecule has 0 aliphatic carbocycles. The monoisotopic (exact) mass is 334 g/mol. The first-order chi connectivity index (χ1) is 11.2. The van der Waals surface area contributed by atoms with E-state index in [9.17, 15) is 5.11 Å². The van der Waals surface area contributed by atoms with Gasteiger partial charge in [0.05, 0.1) is 31.1 Å². The summed E-state index contributed by atoms with van der Waals surface area (Å²) in [6, 6.07) is 10.3. The van der Waals surface area contributed by atoms with Gasteiger partial charge >= 0.3 is 0 Å². The second kappa shape index (κ2) is 9.78. The molecule has 0 bridgehead atoms. The molecule has 0 aromatic carbocycles. The summed E-state index contributed by atoms with van der Waals surface area (Å²) in [4.78, 5) is 7.82. The summed E-state index contributed by atoms with van der Waals surface area (Å²) in [6.07, 6.45) is 3.43. The number of nitrogens with zero attached hydrogens (tertiary/aromatic N) is 2. The van der Waals surface area contributed by atoms with Gasteiger partial charge < -0.3 is 9.84 Å². The SMILES string of the molecule is CCC[C@@H](c1ccccn1)N(C)C[C@H](O)COCc1cccs1. The van der Waals surface area contributed by atoms with Crippen molar-refractivity contribution in [1.82, 2.24) is 9.88 Å². The Morgan fingerprint density at radius 3 is 2.83 bits per heavy atom. The van der Waals surface area contributed by atoms with Crippen LogP contribution in [0, 0.1) is 0 Å². The van der Waals surface area contributed by atoms with Crippen molar-refractivity contribution >= 4 is 11.3 Å². The molecule has 0 amide bonds. The third kappa shape index (κ3) is 6.03. The smallest absolute Gasteiger partial charge is 0.0900 e. The van der Waals surface area contributed by atoms with E-state index in [1.165, 1.54) is 4.88 Å². The van der Waals surface area contributed by atoms with E-state index < -0.39 is 6.10 Å². The highest BCUT2D eigenvalue weighted by Gasteiger charge is 2.19. The number of aliphatic hydroxyl groups is 1. The predicted molar refractivity (Wildman–Crippen MR) is 94.5 cm³/mol. The molecule has 2 heterocycles. The zero-order valence-electron chi connectivity index (χ0n) is 13.9. The lowest BCUT2D eigenvalue weighted by Gasteiger charge is -2.29. The molecular formula is C18H26N2O2S. The van der Waals surface area contributed by atoms with Gasteiger partial charge in [0.25, 0.3) is 0 Å². The van der Waals surface area contributed by atoms with Gasteiger partial charge in [0.1, 0.15) is 0 Å². The lowest BCUT2D eigenvalue weighted by Crippen LogP contribution is -2.35. The highest BCUT2D eigenvalue weighted by atomic mass is 32.1. The predicted octanol–water partition coefficient (Wildman–Crippen LogP) is 3.49. The molecule has 0 aliphatic heterocycles. The van der Waals surface area contributed by atoms with Crippen LogP contribution in [0.1, 0.15) is 36.4 Å². The molecule has 2 rings (SSSR count). The Hall–Kier alpha value is -1.27. The van der Waals surface area contributed by atoms with E-state index >= 15 is 0 Å². The normalized spacial score (nSPS) is 14.1. The quantitative estimate of drug-likeness (QED) is 0.722. The second-order valence-electron chi connectivity index (χ2n) is 5.75. The van der Waals surface area contributed by atoms with Crippen molar-refractivity contribution in [2.24, 2.45) is 0 Å². The fraction of sp³-hybridized carbons (Fsp3) is 0.500. The third-order valence-electron chi connectivity index (χ3n) is 3.76. The van der Waals surface area contributed by atoms with Crippen molar-refractivity contribution in [1.29, 1.82) is 0 Å². The molecular weight excluding hydrogens is 308 g/mol. The van der Waals surface area contributed by atoms with Crippen molar-refractivity contribution in [2.75, 3.05) is 20.2 Å². The summed E-state index contributed by atoms with van der Waals surface area (Å²) in [7, 11) is 2.04. The lowest BCUT2D eigenvalue weighted by molar-refractivity contribution is 0.00716. The number of ether oxygens (including phenoxy) is 1. The largest absolute Gasteiger partial charge is 0.389 e. The van der Waals surface area contributed by atoms with E-state index in [0.717, 1.165) is 18.5 Å². The Kier molecular flexibility index (Phi) is 7.68. The zero-order chi connectivity index (χ0) is 16.5. The average molecular weight is 334 g/mol. The van der Waals surface area contributed by atoms with Gasteiger partial charge in [0, 0.05) is 17.6 Å². The molecule has 1 N–H and O–H groups in total. The molecule has 0 unspecified atom stereocenters. The summed E-state index contributed by atoms with van der Waals surface area (Å²) in [6.45, 7) is 3.66. The van der Waals surface area contributed by atoms with Crippen LogP contribution in [-0.4, -0.2) is 41.3 Å². The molecule has 5 heteroatoms. The standard InChI is InChI=1S/C18H26N2O2S/c1-3-7-18(17-9-4-5-10-19-17)20(2)12-15(21)13-22-14-16-8-6-11-23-16/h4-6,8-11,15,18,21H,3,7,12-14H2,1-2H3/t15-,18-/m0/s1. The number of hydrogen-bond donors (Lipinski definition) is 1. The molecule has 4 nitrogen and oxygen atoms in total. The Bertz CT molecular complexity index is 533. The van der Waals surface area contributed by atoms with Gasteiger partial charge in [-0.25, -0.2) is 0 Å². The van der Waals surface area contributed by atoms with Crippen LogP contribution in [0.4, 0.5) is 0 Å². The summed E-state index contributed by atoms with van der Waals surface area (Å²) >= 11 is 1.67. The van der Waals surface area contributed by atoms with E-state index in [-0.39, 0.29) is 6.04 Å². The van der Waals surface area contributed by atoms with Crippen LogP contribution in [0.5, 0.6) is 0 Å². The number of aliphatic hydroxyl groups excluding tert-OH is 1. The average Bonchev–Trinajstić information content (AvgIpc) is 3.06. The van der Waals surface area contributed by atoms with Crippen LogP contribution >= 0.6 is 11.3 Å². The summed E-state index contributed by atoms with van der Waals surface area (Å²) in [5, 5.41) is 12.3. The van der Waals surface area contributed by atoms with Crippen LogP contribution in [0.3, 0.4) is 0 Å². The Morgan fingerprint density at radius 1 is 1.30 bits per heavy atom. The first-order valence-electron chi connectivity index (χ1n) is 8.10. The molecule has 0 saturated heterocycles. The van der Waals surface area contributed by atoms with Gasteiger partial charge in [-0.2, -0.15) is 0 Å². The van der Waals surface area contributed by atoms with Crippen molar-refractivity contribution in [3.8, 4) is 0 Å². The van der Waals surface area contributed by atoms with Crippen molar-refractivity contribution in [3.05, 3.63) is 52.5 Å². The van der Waals surface area contributed by atoms with E-state index in [0.29, 0.717) is 19.8 Å². The Balaban J connectivity index is 1.81. The second-order valence-corrected chi connectivity index (χ2v) is 6.78. The number of pyridine rings is 1. The number of rotatable bonds is 10. The molecule has 0 saturated carbocycles. The van der Waals surface area contributed by atoms with Gasteiger partial charge in [0.2, 0.25) is 0 Å². The van der Waals surface area contributed by atoms with E-state index in [1.54, 1.807) is 11.3 Å². The van der Waals surface area contributed by atoms with Crippen molar-refractivity contribution < 1.29 is 9.84 Å². The van der Waals surface area contributed by atoms with E-state index in [2.05, 4.69) is 22.9 Å². The minimum atomic E-state index is -0.497. The lowest BCUT2D eigenvalue weighted by atomic mass is 10.1. The molecule has 0 radical (unpaired) electrons. The van der Waals surface area contributed by atoms with Gasteiger partial charge in [-0.1, -0.05) is 25.5 Å². The number of likely N-dealkylation sites (N-methyl/N-ethyl adjacent to an activating group) is 1. The summed E-state index contributed by atoms with van der Waals surface area (Å²) in [5.74, 6) is 0. The molecule has 2 aromatic heterocycles. The fourth-order valence-corrected chi connectivity index (χ4v) is 3.28. The maximum absolute atomic E-state index is 10.2. The Morgan fingerprint density at radius 2 is 2.17 bits per heavy atom. The topological polar surface area (TPSA) is 45.6 Å². The van der Waals surface area contributed by atoms with Gasteiger partial charge in [-0.15, -0.1) is 11.3 Å². The maximum Gasteiger partial charge on any atom is 0.0900 e. The van der Waals surface area contributed by atoms with E-state index in [4.69, 9.17) is 4.74 Å². The number of aromatic nitrogens is 1. The highest BCUT2D eigenvalue weighted by Crippen LogP contribution is 2.22. The van der Waals surface area contributed by atoms with Crippen LogP contribution in [0.25, 0.3) is 0 Å². The van der Waals surface area contributed by atoms with Crippen LogP contribution < -0.4 is 0 Å². The summed E-state index contributed by atoms with van der Waals surface area (Å²) < 4.78 is 5.60. The van der Waals surface area contributed by atoms with Crippen LogP contribution in [-0.2, 0) is 11.3 Å². The third-order valence-corrected chi connectivity index (χ3v) is 4.61. The minimum Gasteiger partial charge on any atom is -0.389 e. The van der Waals surface area contributed by atoms with Crippen LogP contribution in [0.15, 0.2) is 41.9 Å². The zero-order valence-corrected chi connectivity index (χ0v) is 14.7. The van der Waals surface area contributed by atoms with Gasteiger partial charge in [0.15, 0.2) is 0 Å². The minimum absolute atomic E-state index is 0.230. The van der Waals surface area contributed by atoms with Gasteiger partial charge in [-0.05, 0) is 37.0 Å².